The Balaban J connectivity index is 1.40. The number of carboxylic acid groups (broad SMARTS) is 1. The minimum Gasteiger partial charge on any atom is -0.489 e. The smallest absolute Gasteiger partial charge is 0.335 e. The van der Waals surface area contributed by atoms with E-state index in [1.165, 1.54) is 16.3 Å². The number of fused-ring (bicyclic) bond motifs is 2. The Morgan fingerprint density at radius 1 is 1.00 bits per heavy atom. The molecule has 0 unspecified atom stereocenters. The summed E-state index contributed by atoms with van der Waals surface area (Å²) in [5.41, 5.74) is 4.87. The fourth-order valence-electron chi connectivity index (χ4n) is 5.11. The van der Waals surface area contributed by atoms with Gasteiger partial charge in [-0.2, -0.15) is 0 Å². The van der Waals surface area contributed by atoms with Gasteiger partial charge < -0.3 is 15.2 Å². The van der Waals surface area contributed by atoms with Crippen LogP contribution in [0.1, 0.15) is 57.9 Å². The number of carboxylic acids is 1. The van der Waals surface area contributed by atoms with E-state index in [2.05, 4.69) is 67.7 Å². The molecule has 4 aromatic rings. The summed E-state index contributed by atoms with van der Waals surface area (Å²) in [5, 5.41) is 15.7. The van der Waals surface area contributed by atoms with Crippen LogP contribution in [0.2, 0.25) is 0 Å². The molecule has 34 heavy (non-hydrogen) atoms. The predicted molar refractivity (Wildman–Crippen MR) is 136 cm³/mol. The summed E-state index contributed by atoms with van der Waals surface area (Å²) in [4.78, 5) is 11.6. The Hall–Kier alpha value is -3.63. The number of carbonyl (C=O) groups is 1. The molecule has 1 aliphatic rings. The number of benzene rings is 4. The SMILES string of the molecule is Cc1ccc(C(=O)O)cc1[C@@H]1C[C@H](CN[C@H](C)c2cccc3ccccc23)Oc2ccccc21. The molecule has 0 radical (unpaired) electrons. The van der Waals surface area contributed by atoms with Crippen molar-refractivity contribution in [2.75, 3.05) is 6.54 Å². The third-order valence-corrected chi connectivity index (χ3v) is 6.93. The highest BCUT2D eigenvalue weighted by molar-refractivity contribution is 5.88. The van der Waals surface area contributed by atoms with Crippen LogP contribution >= 0.6 is 0 Å². The zero-order chi connectivity index (χ0) is 23.7. The molecule has 0 saturated heterocycles. The van der Waals surface area contributed by atoms with E-state index in [9.17, 15) is 9.90 Å². The monoisotopic (exact) mass is 451 g/mol. The molecule has 0 saturated carbocycles. The van der Waals surface area contributed by atoms with E-state index in [4.69, 9.17) is 4.74 Å². The van der Waals surface area contributed by atoms with Gasteiger partial charge in [-0.1, -0.05) is 66.7 Å². The standard InChI is InChI=1S/C30H29NO3/c1-19-14-15-22(30(32)33)16-27(19)28-17-23(34-29-13-6-5-11-26(28)29)18-31-20(2)24-12-7-9-21-8-3-4-10-25(21)24/h3-16,20,23,28,31H,17-18H2,1-2H3,(H,32,33)/t20-,23-,28-/m1/s1. The molecule has 0 fully saturated rings. The fraction of sp³-hybridized carbons (Fsp3) is 0.233. The molecule has 0 aromatic heterocycles. The van der Waals surface area contributed by atoms with Crippen LogP contribution in [-0.2, 0) is 0 Å². The summed E-state index contributed by atoms with van der Waals surface area (Å²) >= 11 is 0. The molecular weight excluding hydrogens is 422 g/mol. The molecule has 172 valence electrons. The number of aromatic carboxylic acids is 1. The van der Waals surface area contributed by atoms with Crippen molar-refractivity contribution in [1.82, 2.24) is 5.32 Å². The molecule has 0 bridgehead atoms. The number of hydrogen-bond acceptors (Lipinski definition) is 3. The van der Waals surface area contributed by atoms with E-state index in [0.29, 0.717) is 12.1 Å². The Morgan fingerprint density at radius 3 is 2.62 bits per heavy atom. The average Bonchev–Trinajstić information content (AvgIpc) is 2.86. The minimum atomic E-state index is -0.899. The molecule has 1 heterocycles. The van der Waals surface area contributed by atoms with E-state index < -0.39 is 5.97 Å². The summed E-state index contributed by atoms with van der Waals surface area (Å²) in [5.74, 6) is 0.0659. The van der Waals surface area contributed by atoms with Crippen molar-refractivity contribution < 1.29 is 14.6 Å². The maximum atomic E-state index is 11.6. The summed E-state index contributed by atoms with van der Waals surface area (Å²) in [6.07, 6.45) is 0.765. The third-order valence-electron chi connectivity index (χ3n) is 6.93. The molecule has 2 N–H and O–H groups in total. The van der Waals surface area contributed by atoms with Crippen LogP contribution in [0.3, 0.4) is 0 Å². The highest BCUT2D eigenvalue weighted by atomic mass is 16.5. The first-order valence-corrected chi connectivity index (χ1v) is 11.8. The number of ether oxygens (including phenoxy) is 1. The Bertz CT molecular complexity index is 1340. The Labute approximate surface area is 200 Å². The second-order valence-corrected chi connectivity index (χ2v) is 9.14. The van der Waals surface area contributed by atoms with Gasteiger partial charge in [-0.25, -0.2) is 4.79 Å². The summed E-state index contributed by atoms with van der Waals surface area (Å²) in [6.45, 7) is 4.94. The highest BCUT2D eigenvalue weighted by Gasteiger charge is 2.30. The Kier molecular flexibility index (Phi) is 6.08. The van der Waals surface area contributed by atoms with Gasteiger partial charge in [0, 0.05) is 24.1 Å². The van der Waals surface area contributed by atoms with Crippen molar-refractivity contribution in [2.45, 2.75) is 38.3 Å². The van der Waals surface area contributed by atoms with E-state index >= 15 is 0 Å². The topological polar surface area (TPSA) is 58.6 Å². The lowest BCUT2D eigenvalue weighted by atomic mass is 9.81. The predicted octanol–water partition coefficient (Wildman–Crippen LogP) is 6.48. The molecule has 4 nitrogen and oxygen atoms in total. The van der Waals surface area contributed by atoms with Crippen LogP contribution < -0.4 is 10.1 Å². The van der Waals surface area contributed by atoms with Crippen molar-refractivity contribution in [3.63, 3.8) is 0 Å². The summed E-state index contributed by atoms with van der Waals surface area (Å²) in [7, 11) is 0. The zero-order valence-electron chi connectivity index (χ0n) is 19.5. The highest BCUT2D eigenvalue weighted by Crippen LogP contribution is 2.41. The number of aryl methyl sites for hydroxylation is 1. The van der Waals surface area contributed by atoms with Crippen LogP contribution in [0, 0.1) is 6.92 Å². The maximum Gasteiger partial charge on any atom is 0.335 e. The van der Waals surface area contributed by atoms with Crippen molar-refractivity contribution in [2.24, 2.45) is 0 Å². The van der Waals surface area contributed by atoms with Crippen molar-refractivity contribution in [3.8, 4) is 5.75 Å². The molecular formula is C30H29NO3. The molecule has 0 spiro atoms. The second kappa shape index (κ2) is 9.32. The van der Waals surface area contributed by atoms with Gasteiger partial charge in [-0.15, -0.1) is 0 Å². The van der Waals surface area contributed by atoms with E-state index in [1.54, 1.807) is 6.07 Å². The number of nitrogens with one attached hydrogen (secondary N) is 1. The number of para-hydroxylation sites is 1. The van der Waals surface area contributed by atoms with Gasteiger partial charge in [0.2, 0.25) is 0 Å². The third kappa shape index (κ3) is 4.29. The van der Waals surface area contributed by atoms with E-state index in [0.717, 1.165) is 28.9 Å². The average molecular weight is 452 g/mol. The minimum absolute atomic E-state index is 0.0230. The van der Waals surface area contributed by atoms with Gasteiger partial charge in [-0.3, -0.25) is 0 Å². The zero-order valence-corrected chi connectivity index (χ0v) is 19.5. The summed E-state index contributed by atoms with van der Waals surface area (Å²) in [6, 6.07) is 28.6. The lowest BCUT2D eigenvalue weighted by Gasteiger charge is -2.34. The van der Waals surface area contributed by atoms with Crippen molar-refractivity contribution in [1.29, 1.82) is 0 Å². The largest absolute Gasteiger partial charge is 0.489 e. The molecule has 5 rings (SSSR count). The van der Waals surface area contributed by atoms with Crippen LogP contribution in [0.15, 0.2) is 84.9 Å². The number of hydrogen-bond donors (Lipinski definition) is 2. The molecule has 1 aliphatic heterocycles. The summed E-state index contributed by atoms with van der Waals surface area (Å²) < 4.78 is 6.40. The van der Waals surface area contributed by atoms with E-state index in [-0.39, 0.29) is 18.1 Å². The molecule has 0 amide bonds. The lowest BCUT2D eigenvalue weighted by Crippen LogP contribution is -2.37. The van der Waals surface area contributed by atoms with Crippen LogP contribution in [0.5, 0.6) is 5.75 Å². The second-order valence-electron chi connectivity index (χ2n) is 9.14. The fourth-order valence-corrected chi connectivity index (χ4v) is 5.11. The molecule has 4 aromatic carbocycles. The van der Waals surface area contributed by atoms with Gasteiger partial charge in [0.25, 0.3) is 0 Å². The van der Waals surface area contributed by atoms with Crippen LogP contribution in [0.25, 0.3) is 10.8 Å². The van der Waals surface area contributed by atoms with Gasteiger partial charge in [0.15, 0.2) is 0 Å². The molecule has 4 heteroatoms. The normalized spacial score (nSPS) is 18.2. The van der Waals surface area contributed by atoms with Gasteiger partial charge >= 0.3 is 5.97 Å². The van der Waals surface area contributed by atoms with Gasteiger partial charge in [0.1, 0.15) is 11.9 Å². The first-order chi connectivity index (χ1) is 16.5. The maximum absolute atomic E-state index is 11.6. The van der Waals surface area contributed by atoms with Crippen molar-refractivity contribution in [3.05, 3.63) is 113 Å². The number of rotatable bonds is 6. The molecule has 0 aliphatic carbocycles. The molecule has 3 atom stereocenters. The first kappa shape index (κ1) is 22.2. The Morgan fingerprint density at radius 2 is 1.76 bits per heavy atom. The van der Waals surface area contributed by atoms with Gasteiger partial charge in [-0.05, 0) is 65.9 Å². The first-order valence-electron chi connectivity index (χ1n) is 11.8. The van der Waals surface area contributed by atoms with E-state index in [1.807, 2.05) is 30.3 Å². The van der Waals surface area contributed by atoms with Gasteiger partial charge in [0.05, 0.1) is 5.56 Å². The van der Waals surface area contributed by atoms with Crippen LogP contribution in [-0.4, -0.2) is 23.7 Å². The lowest BCUT2D eigenvalue weighted by molar-refractivity contribution is 0.0696. The van der Waals surface area contributed by atoms with Crippen molar-refractivity contribution >= 4 is 16.7 Å². The quantitative estimate of drug-likeness (QED) is 0.352. The van der Waals surface area contributed by atoms with Crippen LogP contribution in [0.4, 0.5) is 0 Å².